The average molecular weight is 287 g/mol. The highest BCUT2D eigenvalue weighted by Crippen LogP contribution is 2.26. The first-order valence-electron chi connectivity index (χ1n) is 6.77. The van der Waals surface area contributed by atoms with Crippen molar-refractivity contribution in [1.82, 2.24) is 15.3 Å². The van der Waals surface area contributed by atoms with Gasteiger partial charge in [0.15, 0.2) is 5.16 Å². The lowest BCUT2D eigenvalue weighted by molar-refractivity contribution is 0.685. The highest BCUT2D eigenvalue weighted by Gasteiger charge is 2.20. The van der Waals surface area contributed by atoms with Gasteiger partial charge < -0.3 is 10.3 Å². The normalized spacial score (nSPS) is 14.4. The Morgan fingerprint density at radius 2 is 2.25 bits per heavy atom. The van der Waals surface area contributed by atoms with E-state index in [9.17, 15) is 4.79 Å². The summed E-state index contributed by atoms with van der Waals surface area (Å²) < 4.78 is 0. The molecule has 2 aromatic rings. The molecule has 1 fully saturated rings. The van der Waals surface area contributed by atoms with Crippen LogP contribution in [-0.2, 0) is 6.54 Å². The number of benzene rings is 1. The van der Waals surface area contributed by atoms with Gasteiger partial charge in [0.05, 0.1) is 0 Å². The number of nitrogens with one attached hydrogen (secondary N) is 2. The Kier molecular flexibility index (Phi) is 3.89. The molecular weight excluding hydrogens is 270 g/mol. The van der Waals surface area contributed by atoms with Crippen molar-refractivity contribution in [2.45, 2.75) is 42.4 Å². The fourth-order valence-electron chi connectivity index (χ4n) is 1.99. The number of aromatic amines is 1. The Balaban J connectivity index is 1.70. The zero-order chi connectivity index (χ0) is 13.9. The molecule has 0 aliphatic heterocycles. The molecule has 1 heterocycles. The molecule has 104 valence electrons. The van der Waals surface area contributed by atoms with Crippen LogP contribution in [0.2, 0.25) is 0 Å². The summed E-state index contributed by atoms with van der Waals surface area (Å²) in [7, 11) is 0. The van der Waals surface area contributed by atoms with E-state index in [-0.39, 0.29) is 5.56 Å². The zero-order valence-electron chi connectivity index (χ0n) is 11.3. The predicted molar refractivity (Wildman–Crippen MR) is 80.0 cm³/mol. The van der Waals surface area contributed by atoms with Crippen molar-refractivity contribution in [3.8, 4) is 0 Å². The Morgan fingerprint density at radius 1 is 1.40 bits per heavy atom. The van der Waals surface area contributed by atoms with Crippen LogP contribution in [0.5, 0.6) is 0 Å². The standard InChI is InChI=1S/C15H17N3OS/c1-10-8-13(20-15-16-7-6-14(19)18-15)5-2-11(10)9-17-12-3-4-12/h2,5-8,12,17H,3-4,9H2,1H3,(H,16,18,19). The minimum absolute atomic E-state index is 0.121. The number of hydrogen-bond acceptors (Lipinski definition) is 4. The van der Waals surface area contributed by atoms with E-state index in [2.05, 4.69) is 40.4 Å². The van der Waals surface area contributed by atoms with Gasteiger partial charge in [0, 0.05) is 29.7 Å². The lowest BCUT2D eigenvalue weighted by atomic mass is 10.1. The molecular formula is C15H17N3OS. The van der Waals surface area contributed by atoms with Gasteiger partial charge in [0.25, 0.3) is 5.56 Å². The highest BCUT2D eigenvalue weighted by atomic mass is 32.2. The molecule has 0 atom stereocenters. The monoisotopic (exact) mass is 287 g/mol. The molecule has 0 spiro atoms. The van der Waals surface area contributed by atoms with Crippen molar-refractivity contribution in [3.05, 3.63) is 51.9 Å². The maximum absolute atomic E-state index is 11.2. The fourth-order valence-corrected chi connectivity index (χ4v) is 2.85. The van der Waals surface area contributed by atoms with Crippen LogP contribution in [0, 0.1) is 6.92 Å². The van der Waals surface area contributed by atoms with E-state index in [1.165, 1.54) is 48.0 Å². The molecule has 1 aromatic carbocycles. The van der Waals surface area contributed by atoms with Crippen molar-refractivity contribution in [3.63, 3.8) is 0 Å². The Labute approximate surface area is 122 Å². The lowest BCUT2D eigenvalue weighted by Crippen LogP contribution is -2.15. The van der Waals surface area contributed by atoms with Crippen LogP contribution in [0.3, 0.4) is 0 Å². The van der Waals surface area contributed by atoms with Crippen LogP contribution in [0.25, 0.3) is 0 Å². The smallest absolute Gasteiger partial charge is 0.251 e. The highest BCUT2D eigenvalue weighted by molar-refractivity contribution is 7.99. The van der Waals surface area contributed by atoms with Gasteiger partial charge >= 0.3 is 0 Å². The molecule has 5 heteroatoms. The van der Waals surface area contributed by atoms with Crippen LogP contribution in [0.4, 0.5) is 0 Å². The summed E-state index contributed by atoms with van der Waals surface area (Å²) in [6.07, 6.45) is 4.14. The van der Waals surface area contributed by atoms with Crippen LogP contribution < -0.4 is 10.9 Å². The maximum atomic E-state index is 11.2. The largest absolute Gasteiger partial charge is 0.310 e. The maximum Gasteiger partial charge on any atom is 0.251 e. The topological polar surface area (TPSA) is 57.8 Å². The summed E-state index contributed by atoms with van der Waals surface area (Å²) in [4.78, 5) is 19.2. The summed E-state index contributed by atoms with van der Waals surface area (Å²) in [5, 5.41) is 4.15. The molecule has 1 aliphatic carbocycles. The Morgan fingerprint density at radius 3 is 2.95 bits per heavy atom. The lowest BCUT2D eigenvalue weighted by Gasteiger charge is -2.09. The molecule has 2 N–H and O–H groups in total. The minimum atomic E-state index is -0.121. The van der Waals surface area contributed by atoms with Gasteiger partial charge in [-0.05, 0) is 43.0 Å². The van der Waals surface area contributed by atoms with E-state index in [1.54, 1.807) is 0 Å². The zero-order valence-corrected chi connectivity index (χ0v) is 12.2. The summed E-state index contributed by atoms with van der Waals surface area (Å²) in [6, 6.07) is 8.51. The van der Waals surface area contributed by atoms with Gasteiger partial charge in [0.1, 0.15) is 0 Å². The number of nitrogens with zero attached hydrogens (tertiary/aromatic N) is 1. The second kappa shape index (κ2) is 5.81. The average Bonchev–Trinajstić information content (AvgIpc) is 3.22. The van der Waals surface area contributed by atoms with Gasteiger partial charge in [0.2, 0.25) is 0 Å². The molecule has 4 nitrogen and oxygen atoms in total. The molecule has 0 unspecified atom stereocenters. The van der Waals surface area contributed by atoms with E-state index in [4.69, 9.17) is 0 Å². The third-order valence-corrected chi connectivity index (χ3v) is 4.23. The quantitative estimate of drug-likeness (QED) is 0.830. The van der Waals surface area contributed by atoms with E-state index in [0.717, 1.165) is 17.5 Å². The molecule has 3 rings (SSSR count). The van der Waals surface area contributed by atoms with Crippen molar-refractivity contribution >= 4 is 11.8 Å². The van der Waals surface area contributed by atoms with E-state index >= 15 is 0 Å². The Bertz CT molecular complexity index is 664. The third-order valence-electron chi connectivity index (χ3n) is 3.33. The SMILES string of the molecule is Cc1cc(Sc2nccc(=O)[nH]2)ccc1CNC1CC1. The van der Waals surface area contributed by atoms with Crippen LogP contribution in [0.15, 0.2) is 45.3 Å². The predicted octanol–water partition coefficient (Wildman–Crippen LogP) is 2.48. The number of hydrogen-bond donors (Lipinski definition) is 2. The molecule has 1 aromatic heterocycles. The molecule has 0 bridgehead atoms. The van der Waals surface area contributed by atoms with Gasteiger partial charge in [-0.3, -0.25) is 4.79 Å². The first kappa shape index (κ1) is 13.4. The molecule has 0 saturated heterocycles. The van der Waals surface area contributed by atoms with Crippen molar-refractivity contribution in [2.24, 2.45) is 0 Å². The molecule has 20 heavy (non-hydrogen) atoms. The van der Waals surface area contributed by atoms with Gasteiger partial charge in [-0.2, -0.15) is 0 Å². The van der Waals surface area contributed by atoms with Crippen LogP contribution in [0.1, 0.15) is 24.0 Å². The first-order valence-corrected chi connectivity index (χ1v) is 7.58. The number of rotatable bonds is 5. The van der Waals surface area contributed by atoms with Crippen LogP contribution >= 0.6 is 11.8 Å². The first-order chi connectivity index (χ1) is 9.70. The molecule has 0 amide bonds. The van der Waals surface area contributed by atoms with Crippen molar-refractivity contribution < 1.29 is 0 Å². The third kappa shape index (κ3) is 3.49. The number of aryl methyl sites for hydroxylation is 1. The van der Waals surface area contributed by atoms with Crippen LogP contribution in [-0.4, -0.2) is 16.0 Å². The van der Waals surface area contributed by atoms with Crippen molar-refractivity contribution in [1.29, 1.82) is 0 Å². The van der Waals surface area contributed by atoms with Gasteiger partial charge in [-0.25, -0.2) is 4.98 Å². The van der Waals surface area contributed by atoms with E-state index in [1.807, 2.05) is 0 Å². The minimum Gasteiger partial charge on any atom is -0.310 e. The van der Waals surface area contributed by atoms with E-state index in [0.29, 0.717) is 5.16 Å². The fraction of sp³-hybridized carbons (Fsp3) is 0.333. The van der Waals surface area contributed by atoms with Crippen molar-refractivity contribution in [2.75, 3.05) is 0 Å². The molecule has 1 aliphatic rings. The second-order valence-electron chi connectivity index (χ2n) is 5.08. The Hall–Kier alpha value is -1.59. The van der Waals surface area contributed by atoms with E-state index < -0.39 is 0 Å². The molecule has 1 saturated carbocycles. The summed E-state index contributed by atoms with van der Waals surface area (Å²) in [6.45, 7) is 3.05. The summed E-state index contributed by atoms with van der Waals surface area (Å²) in [5.41, 5.74) is 2.47. The number of H-pyrrole nitrogens is 1. The molecule has 0 radical (unpaired) electrons. The van der Waals surface area contributed by atoms with Gasteiger partial charge in [-0.15, -0.1) is 0 Å². The van der Waals surface area contributed by atoms with Gasteiger partial charge in [-0.1, -0.05) is 17.8 Å². The number of aromatic nitrogens is 2. The second-order valence-corrected chi connectivity index (χ2v) is 6.15. The summed E-state index contributed by atoms with van der Waals surface area (Å²) >= 11 is 1.47. The summed E-state index contributed by atoms with van der Waals surface area (Å²) in [5.74, 6) is 0.